The molecular formula is C21H33N3O5. The van der Waals surface area contributed by atoms with Crippen molar-refractivity contribution in [1.82, 2.24) is 9.97 Å². The summed E-state index contributed by atoms with van der Waals surface area (Å²) in [6, 6.07) is 0. The highest BCUT2D eigenvalue weighted by Gasteiger charge is 2.34. The van der Waals surface area contributed by atoms with E-state index in [0.717, 1.165) is 36.3 Å². The van der Waals surface area contributed by atoms with Crippen LogP contribution in [0.4, 0.5) is 15.4 Å². The van der Waals surface area contributed by atoms with E-state index < -0.39 is 23.4 Å². The van der Waals surface area contributed by atoms with Crippen molar-refractivity contribution in [2.45, 2.75) is 90.4 Å². The SMILES string of the molecule is CO[C@H]1CC[C@H](c2cnc(N(C(=O)OC(C)(C)C)C(=O)OC(C)(C)C)cn2)CC1. The van der Waals surface area contributed by atoms with Crippen molar-refractivity contribution in [3.05, 3.63) is 18.1 Å². The van der Waals surface area contributed by atoms with Crippen molar-refractivity contribution in [2.75, 3.05) is 12.0 Å². The number of anilines is 1. The van der Waals surface area contributed by atoms with E-state index in [-0.39, 0.29) is 5.82 Å². The maximum Gasteiger partial charge on any atom is 0.425 e. The molecule has 2 amide bonds. The van der Waals surface area contributed by atoms with Gasteiger partial charge in [0.05, 0.1) is 24.2 Å². The molecule has 1 aromatic heterocycles. The first-order valence-electron chi connectivity index (χ1n) is 10.0. The van der Waals surface area contributed by atoms with E-state index in [1.54, 1.807) is 54.8 Å². The summed E-state index contributed by atoms with van der Waals surface area (Å²) in [6.45, 7) is 10.4. The van der Waals surface area contributed by atoms with Gasteiger partial charge in [0.15, 0.2) is 5.82 Å². The number of hydrogen-bond acceptors (Lipinski definition) is 7. The van der Waals surface area contributed by atoms with Crippen molar-refractivity contribution in [2.24, 2.45) is 0 Å². The lowest BCUT2D eigenvalue weighted by molar-refractivity contribution is 0.0428. The second-order valence-electron chi connectivity index (χ2n) is 9.30. The number of nitrogens with zero attached hydrogens (tertiary/aromatic N) is 3. The topological polar surface area (TPSA) is 90.8 Å². The Kier molecular flexibility index (Phi) is 7.21. The molecule has 0 saturated heterocycles. The average Bonchev–Trinajstić information content (AvgIpc) is 2.59. The number of carbonyl (C=O) groups excluding carboxylic acids is 2. The molecule has 0 unspecified atom stereocenters. The molecule has 8 heteroatoms. The van der Waals surface area contributed by atoms with Crippen LogP contribution in [-0.2, 0) is 14.2 Å². The van der Waals surface area contributed by atoms with Gasteiger partial charge >= 0.3 is 12.2 Å². The van der Waals surface area contributed by atoms with Crippen LogP contribution < -0.4 is 4.90 Å². The van der Waals surface area contributed by atoms with Crippen molar-refractivity contribution in [1.29, 1.82) is 0 Å². The first-order valence-corrected chi connectivity index (χ1v) is 10.0. The van der Waals surface area contributed by atoms with Gasteiger partial charge in [-0.2, -0.15) is 4.90 Å². The standard InChI is InChI=1S/C21H33N3O5/c1-20(2,3)28-18(25)24(19(26)29-21(4,5)6)17-13-22-16(12-23-17)14-8-10-15(27-7)11-9-14/h12-15H,8-11H2,1-7H3/t14-,15-. The molecule has 2 rings (SSSR count). The number of imide groups is 1. The Labute approximate surface area is 172 Å². The van der Waals surface area contributed by atoms with E-state index >= 15 is 0 Å². The summed E-state index contributed by atoms with van der Waals surface area (Å²) in [4.78, 5) is 34.9. The predicted molar refractivity (Wildman–Crippen MR) is 109 cm³/mol. The fourth-order valence-electron chi connectivity index (χ4n) is 3.13. The molecule has 1 aromatic rings. The number of hydrogen-bond donors (Lipinski definition) is 0. The van der Waals surface area contributed by atoms with Crippen LogP contribution in [0.3, 0.4) is 0 Å². The molecule has 1 aliphatic rings. The van der Waals surface area contributed by atoms with Gasteiger partial charge in [-0.1, -0.05) is 0 Å². The third kappa shape index (κ3) is 6.96. The van der Waals surface area contributed by atoms with Gasteiger partial charge in [-0.15, -0.1) is 0 Å². The van der Waals surface area contributed by atoms with Crippen molar-refractivity contribution >= 4 is 18.0 Å². The summed E-state index contributed by atoms with van der Waals surface area (Å²) in [6.07, 6.45) is 5.53. The molecule has 0 bridgehead atoms. The van der Waals surface area contributed by atoms with Gasteiger partial charge < -0.3 is 14.2 Å². The van der Waals surface area contributed by atoms with E-state index in [1.807, 2.05) is 0 Å². The number of carbonyl (C=O) groups is 2. The molecule has 0 atom stereocenters. The van der Waals surface area contributed by atoms with Crippen LogP contribution in [0.1, 0.15) is 78.8 Å². The fraction of sp³-hybridized carbons (Fsp3) is 0.714. The number of aromatic nitrogens is 2. The highest BCUT2D eigenvalue weighted by Crippen LogP contribution is 2.33. The summed E-state index contributed by atoms with van der Waals surface area (Å²) in [5, 5.41) is 0. The maximum atomic E-state index is 12.7. The zero-order valence-electron chi connectivity index (χ0n) is 18.5. The van der Waals surface area contributed by atoms with Crippen molar-refractivity contribution < 1.29 is 23.8 Å². The highest BCUT2D eigenvalue weighted by molar-refractivity contribution is 6.08. The minimum Gasteiger partial charge on any atom is -0.443 e. The van der Waals surface area contributed by atoms with E-state index in [2.05, 4.69) is 9.97 Å². The molecule has 29 heavy (non-hydrogen) atoms. The van der Waals surface area contributed by atoms with Crippen LogP contribution in [0, 0.1) is 0 Å². The summed E-state index contributed by atoms with van der Waals surface area (Å²) >= 11 is 0. The number of amides is 2. The van der Waals surface area contributed by atoms with E-state index in [9.17, 15) is 9.59 Å². The van der Waals surface area contributed by atoms with Gasteiger partial charge in [0, 0.05) is 13.0 Å². The van der Waals surface area contributed by atoms with Crippen LogP contribution >= 0.6 is 0 Å². The molecule has 0 spiro atoms. The Hall–Kier alpha value is -2.22. The summed E-state index contributed by atoms with van der Waals surface area (Å²) in [7, 11) is 1.74. The number of ether oxygens (including phenoxy) is 3. The Morgan fingerprint density at radius 2 is 1.41 bits per heavy atom. The molecule has 1 aliphatic carbocycles. The van der Waals surface area contributed by atoms with Gasteiger partial charge in [0.25, 0.3) is 0 Å². The molecule has 162 valence electrons. The zero-order chi connectivity index (χ0) is 21.8. The quantitative estimate of drug-likeness (QED) is 0.709. The van der Waals surface area contributed by atoms with Gasteiger partial charge in [-0.05, 0) is 67.2 Å². The van der Waals surface area contributed by atoms with Gasteiger partial charge in [-0.3, -0.25) is 4.98 Å². The van der Waals surface area contributed by atoms with Crippen LogP contribution in [0.25, 0.3) is 0 Å². The third-order valence-electron chi connectivity index (χ3n) is 4.47. The first-order chi connectivity index (χ1) is 13.4. The van der Waals surface area contributed by atoms with Crippen LogP contribution in [0.2, 0.25) is 0 Å². The number of rotatable bonds is 3. The molecule has 0 aliphatic heterocycles. The molecule has 1 fully saturated rings. The Morgan fingerprint density at radius 1 is 0.897 bits per heavy atom. The summed E-state index contributed by atoms with van der Waals surface area (Å²) in [5.41, 5.74) is -0.702. The summed E-state index contributed by atoms with van der Waals surface area (Å²) in [5.74, 6) is 0.363. The highest BCUT2D eigenvalue weighted by atomic mass is 16.6. The molecule has 0 N–H and O–H groups in total. The fourth-order valence-corrected chi connectivity index (χ4v) is 3.13. The number of methoxy groups -OCH3 is 1. The Balaban J connectivity index is 2.21. The van der Waals surface area contributed by atoms with Crippen LogP contribution in [0.15, 0.2) is 12.4 Å². The minimum atomic E-state index is -0.852. The Morgan fingerprint density at radius 3 is 1.79 bits per heavy atom. The first kappa shape index (κ1) is 23.1. The lowest BCUT2D eigenvalue weighted by atomic mass is 9.85. The maximum absolute atomic E-state index is 12.7. The zero-order valence-corrected chi connectivity index (χ0v) is 18.5. The van der Waals surface area contributed by atoms with Crippen molar-refractivity contribution in [3.63, 3.8) is 0 Å². The van der Waals surface area contributed by atoms with Gasteiger partial charge in [0.2, 0.25) is 0 Å². The molecule has 8 nitrogen and oxygen atoms in total. The lowest BCUT2D eigenvalue weighted by Gasteiger charge is -2.28. The average molecular weight is 408 g/mol. The van der Waals surface area contributed by atoms with E-state index in [1.165, 1.54) is 6.20 Å². The molecular weight excluding hydrogens is 374 g/mol. The van der Waals surface area contributed by atoms with E-state index in [4.69, 9.17) is 14.2 Å². The predicted octanol–water partition coefficient (Wildman–Crippen LogP) is 4.83. The normalized spacial score (nSPS) is 20.1. The van der Waals surface area contributed by atoms with Gasteiger partial charge in [0.1, 0.15) is 11.2 Å². The Bertz CT molecular complexity index is 671. The molecule has 1 saturated carbocycles. The van der Waals surface area contributed by atoms with Crippen LogP contribution in [-0.4, -0.2) is 46.6 Å². The minimum absolute atomic E-state index is 0.0721. The molecule has 1 heterocycles. The second kappa shape index (κ2) is 9.07. The monoisotopic (exact) mass is 407 g/mol. The van der Waals surface area contributed by atoms with Gasteiger partial charge in [-0.25, -0.2) is 14.6 Å². The molecule has 0 radical (unpaired) electrons. The second-order valence-corrected chi connectivity index (χ2v) is 9.30. The van der Waals surface area contributed by atoms with Crippen LogP contribution in [0.5, 0.6) is 0 Å². The van der Waals surface area contributed by atoms with E-state index in [0.29, 0.717) is 12.0 Å². The largest absolute Gasteiger partial charge is 0.443 e. The lowest BCUT2D eigenvalue weighted by Crippen LogP contribution is -2.44. The molecule has 0 aromatic carbocycles. The summed E-state index contributed by atoms with van der Waals surface area (Å²) < 4.78 is 16.1. The third-order valence-corrected chi connectivity index (χ3v) is 4.47. The smallest absolute Gasteiger partial charge is 0.425 e. The van der Waals surface area contributed by atoms with Crippen molar-refractivity contribution in [3.8, 4) is 0 Å².